The van der Waals surface area contributed by atoms with Gasteiger partial charge in [-0.15, -0.1) is 0 Å². The van der Waals surface area contributed by atoms with Gasteiger partial charge in [-0.25, -0.2) is 22.5 Å². The van der Waals surface area contributed by atoms with Crippen molar-refractivity contribution >= 4 is 34.0 Å². The van der Waals surface area contributed by atoms with Gasteiger partial charge in [0.2, 0.25) is 0 Å². The normalized spacial score (nSPS) is 11.1. The number of anilines is 4. The number of fused-ring (bicyclic) bond motifs is 1. The molecule has 3 aromatic carbocycles. The average molecular weight is 504 g/mol. The monoisotopic (exact) mass is 504 g/mol. The Morgan fingerprint density at radius 3 is 1.81 bits per heavy atom. The van der Waals surface area contributed by atoms with Gasteiger partial charge >= 0.3 is 0 Å². The van der Waals surface area contributed by atoms with Crippen LogP contribution in [0.2, 0.25) is 0 Å². The van der Waals surface area contributed by atoms with Gasteiger partial charge in [0.25, 0.3) is 0 Å². The molecule has 37 heavy (non-hydrogen) atoms. The maximum absolute atomic E-state index is 15.6. The van der Waals surface area contributed by atoms with E-state index in [1.54, 1.807) is 11.5 Å². The topological polar surface area (TPSA) is 59.0 Å². The maximum Gasteiger partial charge on any atom is 0.193 e. The molecule has 0 saturated carbocycles. The van der Waals surface area contributed by atoms with E-state index >= 15 is 4.39 Å². The molecule has 0 aliphatic carbocycles. The predicted octanol–water partition coefficient (Wildman–Crippen LogP) is 6.99. The van der Waals surface area contributed by atoms with Crippen LogP contribution in [0.1, 0.15) is 12.5 Å². The Labute approximate surface area is 209 Å². The second kappa shape index (κ2) is 9.77. The molecular formula is C28H20F4N4O. The van der Waals surface area contributed by atoms with Crippen molar-refractivity contribution in [3.63, 3.8) is 0 Å². The highest BCUT2D eigenvalue weighted by atomic mass is 19.1. The highest BCUT2D eigenvalue weighted by Crippen LogP contribution is 2.31. The molecule has 5 rings (SSSR count). The lowest BCUT2D eigenvalue weighted by molar-refractivity contribution is 0.613. The highest BCUT2D eigenvalue weighted by molar-refractivity contribution is 5.86. The van der Waals surface area contributed by atoms with Crippen LogP contribution in [0.25, 0.3) is 16.7 Å². The fourth-order valence-electron chi connectivity index (χ4n) is 4.10. The number of halogens is 4. The lowest BCUT2D eigenvalue weighted by atomic mass is 10.1. The van der Waals surface area contributed by atoms with Gasteiger partial charge in [0, 0.05) is 28.7 Å². The minimum absolute atomic E-state index is 0.0682. The van der Waals surface area contributed by atoms with Gasteiger partial charge in [-0.2, -0.15) is 0 Å². The molecule has 2 N–H and O–H groups in total. The Balaban J connectivity index is 1.79. The van der Waals surface area contributed by atoms with Crippen LogP contribution in [0.4, 0.5) is 40.6 Å². The van der Waals surface area contributed by atoms with Gasteiger partial charge in [-0.1, -0.05) is 6.92 Å². The third-order valence-electron chi connectivity index (χ3n) is 5.84. The van der Waals surface area contributed by atoms with Crippen LogP contribution < -0.4 is 16.1 Å². The summed E-state index contributed by atoms with van der Waals surface area (Å²) in [6.07, 6.45) is 0.187. The van der Waals surface area contributed by atoms with Gasteiger partial charge in [0.05, 0.1) is 5.39 Å². The number of hydrogen-bond donors (Lipinski definition) is 2. The van der Waals surface area contributed by atoms with E-state index in [1.807, 2.05) is 0 Å². The predicted molar refractivity (Wildman–Crippen MR) is 136 cm³/mol. The van der Waals surface area contributed by atoms with E-state index < -0.39 is 28.7 Å². The van der Waals surface area contributed by atoms with Crippen molar-refractivity contribution in [3.8, 4) is 5.69 Å². The smallest absolute Gasteiger partial charge is 0.193 e. The van der Waals surface area contributed by atoms with Crippen LogP contribution in [-0.2, 0) is 6.42 Å². The first-order chi connectivity index (χ1) is 17.8. The Morgan fingerprint density at radius 1 is 0.757 bits per heavy atom. The highest BCUT2D eigenvalue weighted by Gasteiger charge is 2.21. The largest absolute Gasteiger partial charge is 0.341 e. The number of pyridine rings is 2. The van der Waals surface area contributed by atoms with Crippen LogP contribution in [0.5, 0.6) is 0 Å². The van der Waals surface area contributed by atoms with Crippen LogP contribution in [0, 0.1) is 23.3 Å². The first-order valence-corrected chi connectivity index (χ1v) is 11.4. The third kappa shape index (κ3) is 4.75. The van der Waals surface area contributed by atoms with Crippen molar-refractivity contribution in [1.82, 2.24) is 9.55 Å². The standard InChI is InChI=1S/C28H20F4N4O/c1-2-22-25-23(37)15-24(33-19-9-3-16(29)4-10-19)36(21-13-7-18(31)8-14-21)28(25)35-27(26(22)32)34-20-11-5-17(30)6-12-20/h3-15,33H,2H2,1H3,(H,34,35). The molecule has 0 fully saturated rings. The van der Waals surface area contributed by atoms with E-state index in [2.05, 4.69) is 15.6 Å². The Hall–Kier alpha value is -4.66. The molecular weight excluding hydrogens is 484 g/mol. The van der Waals surface area contributed by atoms with Crippen molar-refractivity contribution in [3.05, 3.63) is 118 Å². The quantitative estimate of drug-likeness (QED) is 0.245. The second-order valence-electron chi connectivity index (χ2n) is 8.27. The summed E-state index contributed by atoms with van der Waals surface area (Å²) < 4.78 is 57.7. The molecule has 0 atom stereocenters. The van der Waals surface area contributed by atoms with Crippen LogP contribution >= 0.6 is 0 Å². The zero-order chi connectivity index (χ0) is 26.1. The number of rotatable bonds is 6. The third-order valence-corrected chi connectivity index (χ3v) is 5.84. The Kier molecular flexibility index (Phi) is 6.35. The van der Waals surface area contributed by atoms with E-state index in [4.69, 9.17) is 0 Å². The molecule has 186 valence electrons. The van der Waals surface area contributed by atoms with Gasteiger partial charge in [-0.3, -0.25) is 9.36 Å². The van der Waals surface area contributed by atoms with Crippen molar-refractivity contribution in [1.29, 1.82) is 0 Å². The average Bonchev–Trinajstić information content (AvgIpc) is 2.88. The summed E-state index contributed by atoms with van der Waals surface area (Å²) in [6.45, 7) is 1.71. The number of aromatic nitrogens is 2. The molecule has 0 aliphatic heterocycles. The van der Waals surface area contributed by atoms with Crippen molar-refractivity contribution in [2.24, 2.45) is 0 Å². The lowest BCUT2D eigenvalue weighted by Gasteiger charge is -2.20. The SMILES string of the molecule is CCc1c(F)c(Nc2ccc(F)cc2)nc2c1c(=O)cc(Nc1ccc(F)cc1)n2-c1ccc(F)cc1. The van der Waals surface area contributed by atoms with Gasteiger partial charge < -0.3 is 10.6 Å². The summed E-state index contributed by atoms with van der Waals surface area (Å²) in [4.78, 5) is 17.7. The number of benzene rings is 3. The zero-order valence-corrected chi connectivity index (χ0v) is 19.5. The van der Waals surface area contributed by atoms with Crippen LogP contribution in [0.3, 0.4) is 0 Å². The lowest BCUT2D eigenvalue weighted by Crippen LogP contribution is -2.17. The number of aryl methyl sites for hydroxylation is 1. The maximum atomic E-state index is 15.6. The summed E-state index contributed by atoms with van der Waals surface area (Å²) in [5.74, 6) is -1.96. The molecule has 0 saturated heterocycles. The summed E-state index contributed by atoms with van der Waals surface area (Å²) in [6, 6.07) is 17.6. The molecule has 0 amide bonds. The fraction of sp³-hybridized carbons (Fsp3) is 0.0714. The van der Waals surface area contributed by atoms with Gasteiger partial charge in [-0.05, 0) is 79.2 Å². The molecule has 5 aromatic rings. The van der Waals surface area contributed by atoms with E-state index in [-0.39, 0.29) is 34.7 Å². The molecule has 0 spiro atoms. The molecule has 0 radical (unpaired) electrons. The summed E-state index contributed by atoms with van der Waals surface area (Å²) >= 11 is 0. The minimum Gasteiger partial charge on any atom is -0.341 e. The number of hydrogen-bond acceptors (Lipinski definition) is 4. The van der Waals surface area contributed by atoms with Crippen LogP contribution in [0.15, 0.2) is 83.7 Å². The minimum atomic E-state index is -0.707. The van der Waals surface area contributed by atoms with E-state index in [0.29, 0.717) is 17.1 Å². The Bertz CT molecular complexity index is 1650. The molecule has 5 nitrogen and oxygen atoms in total. The van der Waals surface area contributed by atoms with E-state index in [9.17, 15) is 18.0 Å². The summed E-state index contributed by atoms with van der Waals surface area (Å²) in [7, 11) is 0. The molecule has 0 bridgehead atoms. The van der Waals surface area contributed by atoms with Crippen molar-refractivity contribution in [2.45, 2.75) is 13.3 Å². The van der Waals surface area contributed by atoms with Crippen LogP contribution in [-0.4, -0.2) is 9.55 Å². The van der Waals surface area contributed by atoms with Crippen molar-refractivity contribution < 1.29 is 17.6 Å². The molecule has 0 unspecified atom stereocenters. The van der Waals surface area contributed by atoms with E-state index in [1.165, 1.54) is 78.9 Å². The number of nitrogens with one attached hydrogen (secondary N) is 2. The van der Waals surface area contributed by atoms with E-state index in [0.717, 1.165) is 0 Å². The summed E-state index contributed by atoms with van der Waals surface area (Å²) in [5, 5.41) is 6.01. The zero-order valence-electron chi connectivity index (χ0n) is 19.5. The Morgan fingerprint density at radius 2 is 1.27 bits per heavy atom. The van der Waals surface area contributed by atoms with Crippen molar-refractivity contribution in [2.75, 3.05) is 10.6 Å². The molecule has 2 aromatic heterocycles. The first-order valence-electron chi connectivity index (χ1n) is 11.4. The number of nitrogens with zero attached hydrogens (tertiary/aromatic N) is 2. The fourth-order valence-corrected chi connectivity index (χ4v) is 4.10. The first kappa shape index (κ1) is 24.1. The molecule has 2 heterocycles. The van der Waals surface area contributed by atoms with Gasteiger partial charge in [0.1, 0.15) is 23.3 Å². The second-order valence-corrected chi connectivity index (χ2v) is 8.27. The molecule has 0 aliphatic rings. The molecule has 9 heteroatoms. The summed E-state index contributed by atoms with van der Waals surface area (Å²) in [5.41, 5.74) is 1.11. The van der Waals surface area contributed by atoms with Gasteiger partial charge in [0.15, 0.2) is 22.7 Å².